The summed E-state index contributed by atoms with van der Waals surface area (Å²) in [7, 11) is 0. The van der Waals surface area contributed by atoms with Gasteiger partial charge in [-0.25, -0.2) is 4.68 Å². The number of aryl methyl sites for hydroxylation is 2. The zero-order valence-electron chi connectivity index (χ0n) is 12.0. The van der Waals surface area contributed by atoms with Gasteiger partial charge in [0.05, 0.1) is 12.2 Å². The molecule has 0 aliphatic heterocycles. The summed E-state index contributed by atoms with van der Waals surface area (Å²) in [5.74, 6) is 0. The third kappa shape index (κ3) is 4.02. The van der Waals surface area contributed by atoms with Crippen LogP contribution in [0.25, 0.3) is 0 Å². The van der Waals surface area contributed by atoms with Crippen molar-refractivity contribution in [1.82, 2.24) is 15.0 Å². The Morgan fingerprint density at radius 2 is 1.43 bits per heavy atom. The lowest BCUT2D eigenvalue weighted by Crippen LogP contribution is -1.99. The zero-order valence-corrected chi connectivity index (χ0v) is 12.0. The SMILES string of the molecule is c1ccc(CCCc2cn(Cc3ccccc3)nn2)cc1. The minimum absolute atomic E-state index is 0.784. The number of hydrogen-bond acceptors (Lipinski definition) is 2. The van der Waals surface area contributed by atoms with Gasteiger partial charge in [-0.1, -0.05) is 65.9 Å². The molecule has 0 saturated carbocycles. The van der Waals surface area contributed by atoms with Crippen LogP contribution in [0.4, 0.5) is 0 Å². The van der Waals surface area contributed by atoms with Crippen molar-refractivity contribution < 1.29 is 0 Å². The van der Waals surface area contributed by atoms with Crippen molar-refractivity contribution in [3.63, 3.8) is 0 Å². The van der Waals surface area contributed by atoms with Crippen LogP contribution >= 0.6 is 0 Å². The Morgan fingerprint density at radius 3 is 2.14 bits per heavy atom. The first-order valence-corrected chi connectivity index (χ1v) is 7.37. The standard InChI is InChI=1S/C18H19N3/c1-3-8-16(9-4-1)12-7-13-18-15-21(20-19-18)14-17-10-5-2-6-11-17/h1-6,8-11,15H,7,12-14H2. The Labute approximate surface area is 125 Å². The number of benzene rings is 2. The second-order valence-electron chi connectivity index (χ2n) is 5.23. The molecule has 2 aromatic carbocycles. The molecule has 3 aromatic rings. The van der Waals surface area contributed by atoms with E-state index in [0.29, 0.717) is 0 Å². The maximum Gasteiger partial charge on any atom is 0.0827 e. The van der Waals surface area contributed by atoms with Crippen molar-refractivity contribution in [2.24, 2.45) is 0 Å². The van der Waals surface area contributed by atoms with Crippen LogP contribution in [0, 0.1) is 0 Å². The Kier molecular flexibility index (Phi) is 4.42. The molecule has 1 aromatic heterocycles. The molecule has 0 unspecified atom stereocenters. The molecule has 3 heteroatoms. The molecule has 3 nitrogen and oxygen atoms in total. The summed E-state index contributed by atoms with van der Waals surface area (Å²) in [5, 5.41) is 8.46. The first-order valence-electron chi connectivity index (χ1n) is 7.37. The smallest absolute Gasteiger partial charge is 0.0827 e. The predicted molar refractivity (Wildman–Crippen MR) is 84.0 cm³/mol. The molecule has 21 heavy (non-hydrogen) atoms. The van der Waals surface area contributed by atoms with E-state index in [1.165, 1.54) is 11.1 Å². The first-order chi connectivity index (χ1) is 10.4. The average molecular weight is 277 g/mol. The third-order valence-electron chi connectivity index (χ3n) is 3.51. The summed E-state index contributed by atoms with van der Waals surface area (Å²) >= 11 is 0. The van der Waals surface area contributed by atoms with E-state index >= 15 is 0 Å². The second kappa shape index (κ2) is 6.84. The molecule has 0 spiro atoms. The van der Waals surface area contributed by atoms with Crippen LogP contribution in [0.15, 0.2) is 66.9 Å². The second-order valence-corrected chi connectivity index (χ2v) is 5.23. The topological polar surface area (TPSA) is 30.7 Å². The Balaban J connectivity index is 1.51. The Morgan fingerprint density at radius 1 is 0.762 bits per heavy atom. The van der Waals surface area contributed by atoms with Gasteiger partial charge < -0.3 is 0 Å². The summed E-state index contributed by atoms with van der Waals surface area (Å²) in [5.41, 5.74) is 3.70. The fourth-order valence-electron chi connectivity index (χ4n) is 2.42. The monoisotopic (exact) mass is 277 g/mol. The molecule has 1 heterocycles. The zero-order chi connectivity index (χ0) is 14.3. The quantitative estimate of drug-likeness (QED) is 0.690. The van der Waals surface area contributed by atoms with Crippen LogP contribution < -0.4 is 0 Å². The van der Waals surface area contributed by atoms with Gasteiger partial charge in [0, 0.05) is 6.20 Å². The van der Waals surface area contributed by atoms with Gasteiger partial charge in [0.1, 0.15) is 0 Å². The lowest BCUT2D eigenvalue weighted by atomic mass is 10.1. The highest BCUT2D eigenvalue weighted by Gasteiger charge is 2.02. The molecule has 0 atom stereocenters. The van der Waals surface area contributed by atoms with Gasteiger partial charge in [0.2, 0.25) is 0 Å². The molecule has 0 aliphatic carbocycles. The number of rotatable bonds is 6. The van der Waals surface area contributed by atoms with Gasteiger partial charge in [0.15, 0.2) is 0 Å². The van der Waals surface area contributed by atoms with Crippen molar-refractivity contribution in [1.29, 1.82) is 0 Å². The molecular weight excluding hydrogens is 258 g/mol. The van der Waals surface area contributed by atoms with Crippen LogP contribution in [0.1, 0.15) is 23.2 Å². The van der Waals surface area contributed by atoms with E-state index in [1.54, 1.807) is 0 Å². The Bertz CT molecular complexity index is 659. The van der Waals surface area contributed by atoms with Gasteiger partial charge in [-0.05, 0) is 30.4 Å². The lowest BCUT2D eigenvalue weighted by Gasteiger charge is -2.00. The normalized spacial score (nSPS) is 10.7. The molecule has 0 N–H and O–H groups in total. The van der Waals surface area contributed by atoms with Crippen LogP contribution in [0.5, 0.6) is 0 Å². The molecule has 106 valence electrons. The van der Waals surface area contributed by atoms with Gasteiger partial charge in [-0.2, -0.15) is 0 Å². The number of nitrogens with zero attached hydrogens (tertiary/aromatic N) is 3. The van der Waals surface area contributed by atoms with Gasteiger partial charge in [-0.3, -0.25) is 0 Å². The van der Waals surface area contributed by atoms with E-state index in [1.807, 2.05) is 22.9 Å². The van der Waals surface area contributed by atoms with Crippen molar-refractivity contribution in [3.05, 3.63) is 83.7 Å². The molecule has 0 amide bonds. The molecule has 0 bridgehead atoms. The molecular formula is C18H19N3. The van der Waals surface area contributed by atoms with Gasteiger partial charge in [-0.15, -0.1) is 5.10 Å². The van der Waals surface area contributed by atoms with E-state index in [-0.39, 0.29) is 0 Å². The molecule has 0 saturated heterocycles. The van der Waals surface area contributed by atoms with Crippen LogP contribution in [0.3, 0.4) is 0 Å². The van der Waals surface area contributed by atoms with E-state index in [0.717, 1.165) is 31.5 Å². The van der Waals surface area contributed by atoms with E-state index < -0.39 is 0 Å². The fourth-order valence-corrected chi connectivity index (χ4v) is 2.42. The first kappa shape index (κ1) is 13.6. The molecule has 3 rings (SSSR count). The fraction of sp³-hybridized carbons (Fsp3) is 0.222. The largest absolute Gasteiger partial charge is 0.248 e. The highest BCUT2D eigenvalue weighted by molar-refractivity contribution is 5.16. The maximum atomic E-state index is 4.26. The minimum Gasteiger partial charge on any atom is -0.248 e. The summed E-state index contributed by atoms with van der Waals surface area (Å²) in [6, 6.07) is 20.9. The molecule has 0 fully saturated rings. The highest BCUT2D eigenvalue weighted by atomic mass is 15.4. The van der Waals surface area contributed by atoms with E-state index in [9.17, 15) is 0 Å². The number of hydrogen-bond donors (Lipinski definition) is 0. The van der Waals surface area contributed by atoms with Crippen molar-refractivity contribution in [3.8, 4) is 0 Å². The summed E-state index contributed by atoms with van der Waals surface area (Å²) in [6.45, 7) is 0.784. The minimum atomic E-state index is 0.784. The van der Waals surface area contributed by atoms with Crippen LogP contribution in [0.2, 0.25) is 0 Å². The molecule has 0 aliphatic rings. The van der Waals surface area contributed by atoms with Crippen LogP contribution in [-0.4, -0.2) is 15.0 Å². The lowest BCUT2D eigenvalue weighted by molar-refractivity contribution is 0.649. The number of aromatic nitrogens is 3. The van der Waals surface area contributed by atoms with Gasteiger partial charge in [0.25, 0.3) is 0 Å². The van der Waals surface area contributed by atoms with Crippen molar-refractivity contribution in [2.45, 2.75) is 25.8 Å². The molecule has 0 radical (unpaired) electrons. The summed E-state index contributed by atoms with van der Waals surface area (Å²) in [6.07, 6.45) is 5.22. The highest BCUT2D eigenvalue weighted by Crippen LogP contribution is 2.07. The Hall–Kier alpha value is -2.42. The third-order valence-corrected chi connectivity index (χ3v) is 3.51. The summed E-state index contributed by atoms with van der Waals surface area (Å²) < 4.78 is 1.91. The predicted octanol–water partition coefficient (Wildman–Crippen LogP) is 3.50. The van der Waals surface area contributed by atoms with Crippen molar-refractivity contribution >= 4 is 0 Å². The van der Waals surface area contributed by atoms with Crippen molar-refractivity contribution in [2.75, 3.05) is 0 Å². The van der Waals surface area contributed by atoms with Crippen LogP contribution in [-0.2, 0) is 19.4 Å². The maximum absolute atomic E-state index is 4.26. The van der Waals surface area contributed by atoms with E-state index in [2.05, 4.69) is 59.0 Å². The average Bonchev–Trinajstić information content (AvgIpc) is 2.97. The van der Waals surface area contributed by atoms with Gasteiger partial charge >= 0.3 is 0 Å². The van der Waals surface area contributed by atoms with E-state index in [4.69, 9.17) is 0 Å². The summed E-state index contributed by atoms with van der Waals surface area (Å²) in [4.78, 5) is 0.